The summed E-state index contributed by atoms with van der Waals surface area (Å²) >= 11 is 0.412. The summed E-state index contributed by atoms with van der Waals surface area (Å²) in [6.07, 6.45) is 0. The van der Waals surface area contributed by atoms with Crippen LogP contribution in [0.5, 0.6) is 0 Å². The van der Waals surface area contributed by atoms with Crippen LogP contribution in [0, 0.1) is 23.3 Å². The standard InChI is InChI=1S/C13H6F4O2S/c14-7-1-2-11(8(15)5-7)20-12-9(16)3-6(13(18)19)4-10(12)17/h1-5H,(H,18,19). The average Bonchev–Trinajstić information content (AvgIpc) is 2.35. The summed E-state index contributed by atoms with van der Waals surface area (Å²) in [4.78, 5) is 9.90. The van der Waals surface area contributed by atoms with Crippen molar-refractivity contribution in [1.82, 2.24) is 0 Å². The minimum Gasteiger partial charge on any atom is -0.478 e. The highest BCUT2D eigenvalue weighted by Crippen LogP contribution is 2.34. The molecule has 104 valence electrons. The van der Waals surface area contributed by atoms with Gasteiger partial charge in [-0.15, -0.1) is 0 Å². The molecule has 0 unspecified atom stereocenters. The largest absolute Gasteiger partial charge is 0.478 e. The summed E-state index contributed by atoms with van der Waals surface area (Å²) in [6.45, 7) is 0. The zero-order valence-electron chi connectivity index (χ0n) is 9.66. The molecule has 0 heterocycles. The number of hydrogen-bond acceptors (Lipinski definition) is 2. The lowest BCUT2D eigenvalue weighted by Gasteiger charge is -2.07. The molecule has 0 aliphatic carbocycles. The second-order valence-electron chi connectivity index (χ2n) is 3.75. The van der Waals surface area contributed by atoms with Crippen molar-refractivity contribution >= 4 is 17.7 Å². The summed E-state index contributed by atoms with van der Waals surface area (Å²) in [6, 6.07) is 3.85. The summed E-state index contributed by atoms with van der Waals surface area (Å²) in [5, 5.41) is 8.65. The summed E-state index contributed by atoms with van der Waals surface area (Å²) in [5.41, 5.74) is -0.552. The molecule has 0 saturated heterocycles. The fraction of sp³-hybridized carbons (Fsp3) is 0. The molecule has 0 amide bonds. The number of benzene rings is 2. The van der Waals surface area contributed by atoms with Gasteiger partial charge in [0.05, 0.1) is 10.5 Å². The number of aromatic carboxylic acids is 1. The van der Waals surface area contributed by atoms with E-state index in [0.29, 0.717) is 30.0 Å². The van der Waals surface area contributed by atoms with Crippen LogP contribution >= 0.6 is 11.8 Å². The van der Waals surface area contributed by atoms with Crippen LogP contribution in [-0.4, -0.2) is 11.1 Å². The maximum Gasteiger partial charge on any atom is 0.335 e. The molecule has 0 bridgehead atoms. The Kier molecular flexibility index (Phi) is 3.99. The van der Waals surface area contributed by atoms with Gasteiger partial charge < -0.3 is 5.11 Å². The van der Waals surface area contributed by atoms with Crippen LogP contribution in [0.15, 0.2) is 40.1 Å². The molecule has 1 N–H and O–H groups in total. The molecule has 7 heteroatoms. The molecular formula is C13H6F4O2S. The van der Waals surface area contributed by atoms with Gasteiger partial charge in [0.15, 0.2) is 0 Å². The topological polar surface area (TPSA) is 37.3 Å². The quantitative estimate of drug-likeness (QED) is 0.868. The van der Waals surface area contributed by atoms with E-state index in [4.69, 9.17) is 5.11 Å². The van der Waals surface area contributed by atoms with E-state index >= 15 is 0 Å². The van der Waals surface area contributed by atoms with E-state index in [1.807, 2.05) is 0 Å². The molecule has 0 aliphatic rings. The van der Waals surface area contributed by atoms with E-state index in [-0.39, 0.29) is 4.90 Å². The fourth-order valence-corrected chi connectivity index (χ4v) is 2.27. The molecule has 0 aliphatic heterocycles. The highest BCUT2D eigenvalue weighted by molar-refractivity contribution is 7.99. The van der Waals surface area contributed by atoms with E-state index in [9.17, 15) is 22.4 Å². The number of rotatable bonds is 3. The van der Waals surface area contributed by atoms with Crippen LogP contribution < -0.4 is 0 Å². The van der Waals surface area contributed by atoms with Gasteiger partial charge in [0.2, 0.25) is 0 Å². The Balaban J connectivity index is 2.41. The Morgan fingerprint density at radius 2 is 1.55 bits per heavy atom. The van der Waals surface area contributed by atoms with Crippen LogP contribution in [0.3, 0.4) is 0 Å². The van der Waals surface area contributed by atoms with Crippen LogP contribution in [0.4, 0.5) is 17.6 Å². The van der Waals surface area contributed by atoms with Crippen molar-refractivity contribution in [3.63, 3.8) is 0 Å². The van der Waals surface area contributed by atoms with E-state index < -0.39 is 39.7 Å². The molecule has 2 aromatic carbocycles. The molecule has 2 rings (SSSR count). The van der Waals surface area contributed by atoms with Crippen LogP contribution in [0.1, 0.15) is 10.4 Å². The van der Waals surface area contributed by atoms with E-state index in [0.717, 1.165) is 12.1 Å². The minimum absolute atomic E-state index is 0.174. The van der Waals surface area contributed by atoms with Gasteiger partial charge in [-0.1, -0.05) is 11.8 Å². The molecule has 0 fully saturated rings. The van der Waals surface area contributed by atoms with Gasteiger partial charge in [-0.25, -0.2) is 22.4 Å². The van der Waals surface area contributed by atoms with Crippen molar-refractivity contribution in [3.8, 4) is 0 Å². The molecule has 20 heavy (non-hydrogen) atoms. The van der Waals surface area contributed by atoms with Crippen molar-refractivity contribution in [2.45, 2.75) is 9.79 Å². The first-order chi connectivity index (χ1) is 9.38. The molecule has 0 spiro atoms. The number of carbonyl (C=O) groups is 1. The van der Waals surface area contributed by atoms with Gasteiger partial charge in [0.25, 0.3) is 0 Å². The Morgan fingerprint density at radius 1 is 0.950 bits per heavy atom. The van der Waals surface area contributed by atoms with E-state index in [1.165, 1.54) is 0 Å². The minimum atomic E-state index is -1.48. The van der Waals surface area contributed by atoms with Gasteiger partial charge in [0.1, 0.15) is 23.3 Å². The van der Waals surface area contributed by atoms with E-state index in [2.05, 4.69) is 0 Å². The number of carboxylic acids is 1. The molecular weight excluding hydrogens is 296 g/mol. The third kappa shape index (κ3) is 2.93. The third-order valence-electron chi connectivity index (χ3n) is 2.35. The second kappa shape index (κ2) is 5.54. The number of halogens is 4. The lowest BCUT2D eigenvalue weighted by atomic mass is 10.2. The van der Waals surface area contributed by atoms with Crippen LogP contribution in [-0.2, 0) is 0 Å². The number of carboxylic acid groups (broad SMARTS) is 1. The monoisotopic (exact) mass is 302 g/mol. The summed E-state index contributed by atoms with van der Waals surface area (Å²) < 4.78 is 53.4. The molecule has 0 atom stereocenters. The first-order valence-corrected chi connectivity index (χ1v) is 6.05. The predicted octanol–water partition coefficient (Wildman–Crippen LogP) is 4.09. The maximum absolute atomic E-state index is 13.6. The van der Waals surface area contributed by atoms with Crippen molar-refractivity contribution in [2.24, 2.45) is 0 Å². The molecule has 0 radical (unpaired) electrons. The molecule has 2 aromatic rings. The average molecular weight is 302 g/mol. The Morgan fingerprint density at radius 3 is 2.05 bits per heavy atom. The zero-order chi connectivity index (χ0) is 14.9. The summed E-state index contributed by atoms with van der Waals surface area (Å²) in [7, 11) is 0. The van der Waals surface area contributed by atoms with Crippen molar-refractivity contribution in [2.75, 3.05) is 0 Å². The molecule has 2 nitrogen and oxygen atoms in total. The van der Waals surface area contributed by atoms with Crippen molar-refractivity contribution < 1.29 is 27.5 Å². The van der Waals surface area contributed by atoms with E-state index in [1.54, 1.807) is 0 Å². The second-order valence-corrected chi connectivity index (χ2v) is 4.80. The highest BCUT2D eigenvalue weighted by atomic mass is 32.2. The summed E-state index contributed by atoms with van der Waals surface area (Å²) in [5.74, 6) is -5.51. The Bertz CT molecular complexity index is 665. The van der Waals surface area contributed by atoms with Gasteiger partial charge >= 0.3 is 5.97 Å². The first kappa shape index (κ1) is 14.4. The van der Waals surface area contributed by atoms with Crippen molar-refractivity contribution in [1.29, 1.82) is 0 Å². The zero-order valence-corrected chi connectivity index (χ0v) is 10.5. The van der Waals surface area contributed by atoms with Gasteiger partial charge in [-0.2, -0.15) is 0 Å². The predicted molar refractivity (Wildman–Crippen MR) is 63.8 cm³/mol. The maximum atomic E-state index is 13.6. The smallest absolute Gasteiger partial charge is 0.335 e. The van der Waals surface area contributed by atoms with Crippen molar-refractivity contribution in [3.05, 3.63) is 59.2 Å². The van der Waals surface area contributed by atoms with Gasteiger partial charge in [0, 0.05) is 11.0 Å². The highest BCUT2D eigenvalue weighted by Gasteiger charge is 2.17. The Labute approximate surface area is 115 Å². The molecule has 0 aromatic heterocycles. The van der Waals surface area contributed by atoms with Crippen LogP contribution in [0.25, 0.3) is 0 Å². The SMILES string of the molecule is O=C(O)c1cc(F)c(Sc2ccc(F)cc2F)c(F)c1. The van der Waals surface area contributed by atoms with Gasteiger partial charge in [-0.05, 0) is 24.3 Å². The Hall–Kier alpha value is -2.02. The lowest BCUT2D eigenvalue weighted by Crippen LogP contribution is -2.00. The fourth-order valence-electron chi connectivity index (χ4n) is 1.45. The number of hydrogen-bond donors (Lipinski definition) is 1. The molecule has 0 saturated carbocycles. The normalized spacial score (nSPS) is 10.6. The first-order valence-electron chi connectivity index (χ1n) is 5.23. The lowest BCUT2D eigenvalue weighted by molar-refractivity contribution is 0.0695. The third-order valence-corrected chi connectivity index (χ3v) is 3.50. The van der Waals surface area contributed by atoms with Crippen LogP contribution in [0.2, 0.25) is 0 Å². The van der Waals surface area contributed by atoms with Gasteiger partial charge in [-0.3, -0.25) is 0 Å².